The zero-order valence-electron chi connectivity index (χ0n) is 8.67. The molecule has 0 fully saturated rings. The molecule has 1 nitrogen and oxygen atoms in total. The Labute approximate surface area is 91.8 Å². The van der Waals surface area contributed by atoms with E-state index in [2.05, 4.69) is 6.58 Å². The predicted octanol–water partition coefficient (Wildman–Crippen LogP) is 3.87. The Bertz CT molecular complexity index is 441. The van der Waals surface area contributed by atoms with Crippen LogP contribution in [0.5, 0.6) is 0 Å². The lowest BCUT2D eigenvalue weighted by Crippen LogP contribution is -2.07. The first-order valence-electron chi connectivity index (χ1n) is 4.64. The van der Waals surface area contributed by atoms with Crippen molar-refractivity contribution in [2.75, 3.05) is 0 Å². The van der Waals surface area contributed by atoms with Crippen molar-refractivity contribution >= 4 is 0 Å². The minimum absolute atomic E-state index is 0.250. The first-order valence-corrected chi connectivity index (χ1v) is 4.64. The Kier molecular flexibility index (Phi) is 3.38. The summed E-state index contributed by atoms with van der Waals surface area (Å²) < 4.78 is 37.4. The highest BCUT2D eigenvalue weighted by Crippen LogP contribution is 2.32. The molecule has 16 heavy (non-hydrogen) atoms. The van der Waals surface area contributed by atoms with E-state index in [1.165, 1.54) is 12.1 Å². The van der Waals surface area contributed by atoms with Gasteiger partial charge >= 0.3 is 6.18 Å². The molecule has 0 aliphatic carbocycles. The molecule has 1 rings (SSSR count). The molecular weight excluding hydrogens is 215 g/mol. The van der Waals surface area contributed by atoms with Gasteiger partial charge in [0.05, 0.1) is 17.2 Å². The van der Waals surface area contributed by atoms with Gasteiger partial charge in [0.1, 0.15) is 0 Å². The summed E-state index contributed by atoms with van der Waals surface area (Å²) in [7, 11) is 0. The number of hydrogen-bond donors (Lipinski definition) is 0. The number of rotatable bonds is 2. The molecule has 0 spiro atoms. The van der Waals surface area contributed by atoms with Gasteiger partial charge in [-0.1, -0.05) is 13.0 Å². The van der Waals surface area contributed by atoms with Crippen molar-refractivity contribution in [3.8, 4) is 6.07 Å². The zero-order chi connectivity index (χ0) is 12.3. The second kappa shape index (κ2) is 4.40. The summed E-state index contributed by atoms with van der Waals surface area (Å²) in [6, 6.07) is 4.99. The second-order valence-corrected chi connectivity index (χ2v) is 3.44. The lowest BCUT2D eigenvalue weighted by atomic mass is 9.94. The molecule has 1 unspecified atom stereocenters. The minimum Gasteiger partial charge on any atom is -0.192 e. The topological polar surface area (TPSA) is 23.8 Å². The Morgan fingerprint density at radius 3 is 2.50 bits per heavy atom. The summed E-state index contributed by atoms with van der Waals surface area (Å²) in [5.41, 5.74) is -0.136. The number of alkyl halides is 3. The maximum absolute atomic E-state index is 12.5. The van der Waals surface area contributed by atoms with Gasteiger partial charge in [0.15, 0.2) is 0 Å². The summed E-state index contributed by atoms with van der Waals surface area (Å²) in [4.78, 5) is 0. The molecule has 0 heterocycles. The van der Waals surface area contributed by atoms with E-state index in [4.69, 9.17) is 5.26 Å². The number of nitriles is 1. The molecular formula is C12H10F3N. The molecule has 84 valence electrons. The highest BCUT2D eigenvalue weighted by atomic mass is 19.4. The molecule has 0 saturated carbocycles. The van der Waals surface area contributed by atoms with Crippen LogP contribution in [0.3, 0.4) is 0 Å². The third-order valence-corrected chi connectivity index (χ3v) is 2.34. The van der Waals surface area contributed by atoms with Crippen LogP contribution in [0.1, 0.15) is 29.5 Å². The smallest absolute Gasteiger partial charge is 0.192 e. The van der Waals surface area contributed by atoms with E-state index in [0.29, 0.717) is 5.56 Å². The van der Waals surface area contributed by atoms with Crippen LogP contribution in [0, 0.1) is 11.3 Å². The van der Waals surface area contributed by atoms with Gasteiger partial charge in [-0.3, -0.25) is 0 Å². The van der Waals surface area contributed by atoms with Crippen LogP contribution >= 0.6 is 0 Å². The quantitative estimate of drug-likeness (QED) is 0.701. The Hall–Kier alpha value is -1.76. The number of halogens is 3. The number of nitrogens with zero attached hydrogens (tertiary/aromatic N) is 1. The molecule has 0 N–H and O–H groups in total. The minimum atomic E-state index is -4.39. The molecule has 0 radical (unpaired) electrons. The van der Waals surface area contributed by atoms with Gasteiger partial charge in [-0.15, -0.1) is 6.58 Å². The van der Waals surface area contributed by atoms with Crippen molar-refractivity contribution in [1.82, 2.24) is 0 Å². The maximum Gasteiger partial charge on any atom is 0.416 e. The predicted molar refractivity (Wildman–Crippen MR) is 54.8 cm³/mol. The summed E-state index contributed by atoms with van der Waals surface area (Å²) in [5.74, 6) is -0.281. The molecule has 1 aromatic rings. The van der Waals surface area contributed by atoms with E-state index in [-0.39, 0.29) is 11.5 Å². The third-order valence-electron chi connectivity index (χ3n) is 2.34. The average molecular weight is 225 g/mol. The molecule has 0 aliphatic rings. The zero-order valence-corrected chi connectivity index (χ0v) is 8.67. The molecule has 0 aromatic heterocycles. The lowest BCUT2D eigenvalue weighted by Gasteiger charge is -2.12. The van der Waals surface area contributed by atoms with Gasteiger partial charge in [-0.25, -0.2) is 0 Å². The maximum atomic E-state index is 12.5. The summed E-state index contributed by atoms with van der Waals surface area (Å²) >= 11 is 0. The Morgan fingerprint density at radius 1 is 1.44 bits per heavy atom. The van der Waals surface area contributed by atoms with Crippen molar-refractivity contribution in [2.24, 2.45) is 0 Å². The van der Waals surface area contributed by atoms with Gasteiger partial charge in [0.25, 0.3) is 0 Å². The normalized spacial score (nSPS) is 12.9. The van der Waals surface area contributed by atoms with E-state index in [1.54, 1.807) is 6.92 Å². The molecule has 0 bridgehead atoms. The van der Waals surface area contributed by atoms with Crippen molar-refractivity contribution in [2.45, 2.75) is 19.0 Å². The molecule has 0 saturated heterocycles. The SMILES string of the molecule is C=CC(C)c1cc(C(F)(F)F)ccc1C#N. The van der Waals surface area contributed by atoms with E-state index in [9.17, 15) is 13.2 Å². The fraction of sp³-hybridized carbons (Fsp3) is 0.250. The number of benzene rings is 1. The lowest BCUT2D eigenvalue weighted by molar-refractivity contribution is -0.137. The van der Waals surface area contributed by atoms with Crippen molar-refractivity contribution < 1.29 is 13.2 Å². The van der Waals surface area contributed by atoms with Crippen LogP contribution in [0.2, 0.25) is 0 Å². The van der Waals surface area contributed by atoms with E-state index in [1.807, 2.05) is 6.07 Å². The van der Waals surface area contributed by atoms with E-state index >= 15 is 0 Å². The highest BCUT2D eigenvalue weighted by molar-refractivity contribution is 5.44. The van der Waals surface area contributed by atoms with Crippen LogP contribution < -0.4 is 0 Å². The summed E-state index contributed by atoms with van der Waals surface area (Å²) in [5, 5.41) is 8.79. The summed E-state index contributed by atoms with van der Waals surface area (Å²) in [6.07, 6.45) is -2.88. The fourth-order valence-corrected chi connectivity index (χ4v) is 1.34. The monoisotopic (exact) mass is 225 g/mol. The van der Waals surface area contributed by atoms with Gasteiger partial charge in [0, 0.05) is 5.92 Å². The van der Waals surface area contributed by atoms with E-state index in [0.717, 1.165) is 12.1 Å². The van der Waals surface area contributed by atoms with Gasteiger partial charge in [-0.2, -0.15) is 18.4 Å². The van der Waals surface area contributed by atoms with Crippen LogP contribution in [0.25, 0.3) is 0 Å². The van der Waals surface area contributed by atoms with E-state index < -0.39 is 11.7 Å². The fourth-order valence-electron chi connectivity index (χ4n) is 1.34. The van der Waals surface area contributed by atoms with Crippen molar-refractivity contribution in [3.63, 3.8) is 0 Å². The summed E-state index contributed by atoms with van der Waals surface area (Å²) in [6.45, 7) is 5.21. The first-order chi connectivity index (χ1) is 7.40. The average Bonchev–Trinajstić information content (AvgIpc) is 2.25. The van der Waals surface area contributed by atoms with Crippen LogP contribution in [-0.4, -0.2) is 0 Å². The van der Waals surface area contributed by atoms with Gasteiger partial charge in [-0.05, 0) is 23.8 Å². The van der Waals surface area contributed by atoms with Crippen molar-refractivity contribution in [3.05, 3.63) is 47.5 Å². The largest absolute Gasteiger partial charge is 0.416 e. The number of allylic oxidation sites excluding steroid dienone is 1. The highest BCUT2D eigenvalue weighted by Gasteiger charge is 2.31. The molecule has 0 aliphatic heterocycles. The first kappa shape index (κ1) is 12.3. The Balaban J connectivity index is 3.34. The molecule has 1 atom stereocenters. The van der Waals surface area contributed by atoms with Gasteiger partial charge < -0.3 is 0 Å². The van der Waals surface area contributed by atoms with Crippen LogP contribution in [-0.2, 0) is 6.18 Å². The number of hydrogen-bond acceptors (Lipinski definition) is 1. The molecule has 0 amide bonds. The third kappa shape index (κ3) is 2.43. The van der Waals surface area contributed by atoms with Gasteiger partial charge in [0.2, 0.25) is 0 Å². The second-order valence-electron chi connectivity index (χ2n) is 3.44. The van der Waals surface area contributed by atoms with Crippen LogP contribution in [0.15, 0.2) is 30.9 Å². The van der Waals surface area contributed by atoms with Crippen molar-refractivity contribution in [1.29, 1.82) is 5.26 Å². The van der Waals surface area contributed by atoms with Crippen LogP contribution in [0.4, 0.5) is 13.2 Å². The Morgan fingerprint density at radius 2 is 2.06 bits per heavy atom. The molecule has 1 aromatic carbocycles. The standard InChI is InChI=1S/C12H10F3N/c1-3-8(2)11-6-10(12(13,14)15)5-4-9(11)7-16/h3-6,8H,1H2,2H3. The molecule has 4 heteroatoms.